The SMILES string of the molecule is CC.CC1=CCCCC1O. The highest BCUT2D eigenvalue weighted by molar-refractivity contribution is 5.07. The predicted octanol–water partition coefficient (Wildman–Crippen LogP) is 2.50. The first kappa shape index (κ1) is 9.70. The minimum Gasteiger partial charge on any atom is -0.389 e. The van der Waals surface area contributed by atoms with Gasteiger partial charge >= 0.3 is 0 Å². The lowest BCUT2D eigenvalue weighted by atomic mass is 9.98. The van der Waals surface area contributed by atoms with Crippen molar-refractivity contribution in [2.45, 2.75) is 46.1 Å². The first-order valence-electron chi connectivity index (χ1n) is 4.15. The van der Waals surface area contributed by atoms with Gasteiger partial charge in [-0.25, -0.2) is 0 Å². The largest absolute Gasteiger partial charge is 0.389 e. The van der Waals surface area contributed by atoms with E-state index in [1.807, 2.05) is 20.8 Å². The number of allylic oxidation sites excluding steroid dienone is 1. The summed E-state index contributed by atoms with van der Waals surface area (Å²) >= 11 is 0. The standard InChI is InChI=1S/C7H12O.C2H6/c1-6-4-2-3-5-7(6)8;1-2/h4,7-8H,2-3,5H2,1H3;1-2H3. The van der Waals surface area contributed by atoms with Crippen molar-refractivity contribution < 1.29 is 5.11 Å². The number of rotatable bonds is 0. The Hall–Kier alpha value is -0.300. The molecule has 0 saturated heterocycles. The lowest BCUT2D eigenvalue weighted by Gasteiger charge is -2.14. The zero-order valence-electron chi connectivity index (χ0n) is 7.22. The third-order valence-corrected chi connectivity index (χ3v) is 1.67. The lowest BCUT2D eigenvalue weighted by Crippen LogP contribution is -2.10. The van der Waals surface area contributed by atoms with Gasteiger partial charge in [0.2, 0.25) is 0 Å². The molecule has 1 rings (SSSR count). The van der Waals surface area contributed by atoms with Crippen molar-refractivity contribution >= 4 is 0 Å². The lowest BCUT2D eigenvalue weighted by molar-refractivity contribution is 0.191. The number of hydrogen-bond acceptors (Lipinski definition) is 1. The van der Waals surface area contributed by atoms with Gasteiger partial charge in [-0.15, -0.1) is 0 Å². The zero-order chi connectivity index (χ0) is 7.98. The fourth-order valence-electron chi connectivity index (χ4n) is 1.00. The summed E-state index contributed by atoms with van der Waals surface area (Å²) in [5, 5.41) is 9.11. The highest BCUT2D eigenvalue weighted by Crippen LogP contribution is 2.16. The molecule has 0 heterocycles. The fraction of sp³-hybridized carbons (Fsp3) is 0.778. The minimum atomic E-state index is -0.135. The summed E-state index contributed by atoms with van der Waals surface area (Å²) in [6.45, 7) is 5.99. The van der Waals surface area contributed by atoms with E-state index in [0.717, 1.165) is 24.8 Å². The maximum absolute atomic E-state index is 9.11. The quantitative estimate of drug-likeness (QED) is 0.515. The third kappa shape index (κ3) is 3.02. The van der Waals surface area contributed by atoms with Crippen LogP contribution in [0.5, 0.6) is 0 Å². The Morgan fingerprint density at radius 2 is 2.10 bits per heavy atom. The topological polar surface area (TPSA) is 20.2 Å². The van der Waals surface area contributed by atoms with Gasteiger partial charge in [0.1, 0.15) is 0 Å². The van der Waals surface area contributed by atoms with Gasteiger partial charge in [-0.1, -0.05) is 19.9 Å². The molecular weight excluding hydrogens is 124 g/mol. The van der Waals surface area contributed by atoms with E-state index in [0.29, 0.717) is 0 Å². The second kappa shape index (κ2) is 5.48. The molecule has 0 saturated carbocycles. The van der Waals surface area contributed by atoms with Gasteiger partial charge in [-0.05, 0) is 31.8 Å². The van der Waals surface area contributed by atoms with Crippen LogP contribution in [0.15, 0.2) is 11.6 Å². The van der Waals surface area contributed by atoms with Crippen molar-refractivity contribution in [1.82, 2.24) is 0 Å². The third-order valence-electron chi connectivity index (χ3n) is 1.67. The second-order valence-corrected chi connectivity index (χ2v) is 2.39. The fourth-order valence-corrected chi connectivity index (χ4v) is 1.00. The molecule has 1 N–H and O–H groups in total. The van der Waals surface area contributed by atoms with E-state index in [9.17, 15) is 0 Å². The molecular formula is C9H18O. The van der Waals surface area contributed by atoms with Crippen molar-refractivity contribution in [2.75, 3.05) is 0 Å². The Morgan fingerprint density at radius 1 is 1.50 bits per heavy atom. The Labute approximate surface area is 63.8 Å². The molecule has 1 aliphatic carbocycles. The first-order chi connectivity index (χ1) is 4.80. The molecule has 1 aliphatic rings. The van der Waals surface area contributed by atoms with Crippen molar-refractivity contribution in [3.63, 3.8) is 0 Å². The molecule has 0 fully saturated rings. The molecule has 0 aromatic heterocycles. The Balaban J connectivity index is 0.000000371. The molecule has 60 valence electrons. The summed E-state index contributed by atoms with van der Waals surface area (Å²) < 4.78 is 0. The predicted molar refractivity (Wildman–Crippen MR) is 45.0 cm³/mol. The molecule has 0 aromatic carbocycles. The molecule has 0 bridgehead atoms. The van der Waals surface area contributed by atoms with E-state index in [-0.39, 0.29) is 6.10 Å². The Kier molecular flexibility index (Phi) is 5.32. The zero-order valence-corrected chi connectivity index (χ0v) is 7.22. The number of aliphatic hydroxyl groups is 1. The van der Waals surface area contributed by atoms with Gasteiger partial charge in [0.05, 0.1) is 6.10 Å². The molecule has 1 heteroatoms. The molecule has 10 heavy (non-hydrogen) atoms. The first-order valence-corrected chi connectivity index (χ1v) is 4.15. The average molecular weight is 142 g/mol. The number of hydrogen-bond donors (Lipinski definition) is 1. The van der Waals surface area contributed by atoms with Crippen LogP contribution < -0.4 is 0 Å². The van der Waals surface area contributed by atoms with Gasteiger partial charge < -0.3 is 5.11 Å². The summed E-state index contributed by atoms with van der Waals surface area (Å²) in [5.74, 6) is 0. The summed E-state index contributed by atoms with van der Waals surface area (Å²) in [6, 6.07) is 0. The summed E-state index contributed by atoms with van der Waals surface area (Å²) in [7, 11) is 0. The van der Waals surface area contributed by atoms with Crippen LogP contribution in [0, 0.1) is 0 Å². The van der Waals surface area contributed by atoms with E-state index < -0.39 is 0 Å². The molecule has 1 atom stereocenters. The van der Waals surface area contributed by atoms with Crippen molar-refractivity contribution in [3.8, 4) is 0 Å². The summed E-state index contributed by atoms with van der Waals surface area (Å²) in [6.07, 6.45) is 5.25. The highest BCUT2D eigenvalue weighted by Gasteiger charge is 2.08. The van der Waals surface area contributed by atoms with E-state index >= 15 is 0 Å². The Bertz CT molecular complexity index is 105. The Morgan fingerprint density at radius 3 is 2.40 bits per heavy atom. The van der Waals surface area contributed by atoms with Gasteiger partial charge in [-0.3, -0.25) is 0 Å². The van der Waals surface area contributed by atoms with Crippen molar-refractivity contribution in [3.05, 3.63) is 11.6 Å². The van der Waals surface area contributed by atoms with Crippen LogP contribution in [0.4, 0.5) is 0 Å². The molecule has 0 radical (unpaired) electrons. The monoisotopic (exact) mass is 142 g/mol. The van der Waals surface area contributed by atoms with Gasteiger partial charge in [0.25, 0.3) is 0 Å². The van der Waals surface area contributed by atoms with E-state index in [4.69, 9.17) is 5.11 Å². The van der Waals surface area contributed by atoms with Crippen molar-refractivity contribution in [1.29, 1.82) is 0 Å². The molecule has 0 amide bonds. The van der Waals surface area contributed by atoms with E-state index in [1.165, 1.54) is 0 Å². The normalized spacial score (nSPS) is 24.4. The van der Waals surface area contributed by atoms with Gasteiger partial charge in [0, 0.05) is 0 Å². The smallest absolute Gasteiger partial charge is 0.0747 e. The van der Waals surface area contributed by atoms with Crippen LogP contribution in [0.3, 0.4) is 0 Å². The maximum atomic E-state index is 9.11. The summed E-state index contributed by atoms with van der Waals surface area (Å²) in [5.41, 5.74) is 1.15. The van der Waals surface area contributed by atoms with Crippen LogP contribution in [-0.4, -0.2) is 11.2 Å². The van der Waals surface area contributed by atoms with Crippen LogP contribution in [0.1, 0.15) is 40.0 Å². The minimum absolute atomic E-state index is 0.135. The van der Waals surface area contributed by atoms with E-state index in [2.05, 4.69) is 6.08 Å². The van der Waals surface area contributed by atoms with Gasteiger partial charge in [-0.2, -0.15) is 0 Å². The average Bonchev–Trinajstić information content (AvgIpc) is 2.00. The maximum Gasteiger partial charge on any atom is 0.0747 e. The highest BCUT2D eigenvalue weighted by atomic mass is 16.3. The second-order valence-electron chi connectivity index (χ2n) is 2.39. The molecule has 0 spiro atoms. The molecule has 0 aliphatic heterocycles. The van der Waals surface area contributed by atoms with Crippen LogP contribution >= 0.6 is 0 Å². The van der Waals surface area contributed by atoms with Gasteiger partial charge in [0.15, 0.2) is 0 Å². The molecule has 1 unspecified atom stereocenters. The van der Waals surface area contributed by atoms with Crippen LogP contribution in [-0.2, 0) is 0 Å². The van der Waals surface area contributed by atoms with Crippen LogP contribution in [0.2, 0.25) is 0 Å². The van der Waals surface area contributed by atoms with Crippen LogP contribution in [0.25, 0.3) is 0 Å². The molecule has 1 nitrogen and oxygen atoms in total. The van der Waals surface area contributed by atoms with Crippen molar-refractivity contribution in [2.24, 2.45) is 0 Å². The summed E-state index contributed by atoms with van der Waals surface area (Å²) in [4.78, 5) is 0. The molecule has 0 aromatic rings. The van der Waals surface area contributed by atoms with E-state index in [1.54, 1.807) is 0 Å². The number of aliphatic hydroxyl groups excluding tert-OH is 1.